The van der Waals surface area contributed by atoms with Crippen molar-refractivity contribution in [2.24, 2.45) is 13.0 Å². The summed E-state index contributed by atoms with van der Waals surface area (Å²) in [4.78, 5) is 14.2. The molecule has 1 saturated heterocycles. The first-order valence-corrected chi connectivity index (χ1v) is 7.51. The third-order valence-electron chi connectivity index (χ3n) is 4.27. The summed E-state index contributed by atoms with van der Waals surface area (Å²) < 4.78 is 7.05. The third kappa shape index (κ3) is 3.45. The summed E-state index contributed by atoms with van der Waals surface area (Å²) >= 11 is 0. The monoisotopic (exact) mass is 289 g/mol. The van der Waals surface area contributed by atoms with Gasteiger partial charge >= 0.3 is 5.97 Å². The zero-order valence-corrected chi connectivity index (χ0v) is 13.1. The molecule has 0 radical (unpaired) electrons. The van der Waals surface area contributed by atoms with E-state index in [1.807, 2.05) is 31.5 Å². The average molecular weight is 289 g/mol. The van der Waals surface area contributed by atoms with E-state index >= 15 is 0 Å². The largest absolute Gasteiger partial charge is 0.466 e. The summed E-state index contributed by atoms with van der Waals surface area (Å²) in [6.45, 7) is 6.84. The fourth-order valence-electron chi connectivity index (χ4n) is 2.92. The molecule has 21 heavy (non-hydrogen) atoms. The number of nitriles is 1. The molecule has 0 spiro atoms. The Morgan fingerprint density at radius 1 is 1.57 bits per heavy atom. The fourth-order valence-corrected chi connectivity index (χ4v) is 2.92. The quantitative estimate of drug-likeness (QED) is 0.795. The van der Waals surface area contributed by atoms with E-state index in [-0.39, 0.29) is 11.9 Å². The molecule has 1 atom stereocenters. The van der Waals surface area contributed by atoms with Crippen molar-refractivity contribution >= 4 is 5.97 Å². The summed E-state index contributed by atoms with van der Waals surface area (Å²) in [5, 5.41) is 9.09. The highest BCUT2D eigenvalue weighted by Crippen LogP contribution is 2.22. The van der Waals surface area contributed by atoms with E-state index in [1.165, 1.54) is 5.56 Å². The second-order valence-corrected chi connectivity index (χ2v) is 5.64. The number of hydrogen-bond acceptors (Lipinski definition) is 4. The maximum atomic E-state index is 11.9. The summed E-state index contributed by atoms with van der Waals surface area (Å²) in [5.74, 6) is -0.0946. The molecule has 5 heteroatoms. The zero-order chi connectivity index (χ0) is 15.4. The molecule has 0 aromatic carbocycles. The van der Waals surface area contributed by atoms with Crippen molar-refractivity contribution in [2.45, 2.75) is 33.2 Å². The Kier molecular flexibility index (Phi) is 5.03. The summed E-state index contributed by atoms with van der Waals surface area (Å²) in [6, 6.07) is 4.16. The number of carbonyl (C=O) groups is 1. The van der Waals surface area contributed by atoms with E-state index in [1.54, 1.807) is 0 Å². The Bertz CT molecular complexity index is 557. The summed E-state index contributed by atoms with van der Waals surface area (Å²) in [6.07, 6.45) is 1.92. The molecule has 114 valence electrons. The molecule has 5 nitrogen and oxygen atoms in total. The van der Waals surface area contributed by atoms with Crippen molar-refractivity contribution in [3.63, 3.8) is 0 Å². The SMILES string of the molecule is CCOC(=O)C1CCCN(Cc2cc(C#N)n(C)c2C)C1. The second-order valence-electron chi connectivity index (χ2n) is 5.64. The highest BCUT2D eigenvalue weighted by atomic mass is 16.5. The predicted octanol–water partition coefficient (Wildman–Crippen LogP) is 1.98. The number of hydrogen-bond donors (Lipinski definition) is 0. The Hall–Kier alpha value is -1.80. The highest BCUT2D eigenvalue weighted by Gasteiger charge is 2.27. The molecule has 1 aliphatic rings. The van der Waals surface area contributed by atoms with Crippen molar-refractivity contribution in [2.75, 3.05) is 19.7 Å². The van der Waals surface area contributed by atoms with E-state index in [0.717, 1.165) is 38.2 Å². The molecule has 0 N–H and O–H groups in total. The van der Waals surface area contributed by atoms with Gasteiger partial charge < -0.3 is 9.30 Å². The first-order chi connectivity index (χ1) is 10.1. The smallest absolute Gasteiger partial charge is 0.310 e. The number of likely N-dealkylation sites (tertiary alicyclic amines) is 1. The number of nitrogens with zero attached hydrogens (tertiary/aromatic N) is 3. The van der Waals surface area contributed by atoms with E-state index in [9.17, 15) is 4.79 Å². The molecule has 1 fully saturated rings. The minimum atomic E-state index is -0.0790. The molecular formula is C16H23N3O2. The van der Waals surface area contributed by atoms with Crippen LogP contribution < -0.4 is 0 Å². The molecule has 1 aromatic rings. The first-order valence-electron chi connectivity index (χ1n) is 7.51. The lowest BCUT2D eigenvalue weighted by Crippen LogP contribution is -2.39. The van der Waals surface area contributed by atoms with Crippen molar-refractivity contribution in [3.05, 3.63) is 23.0 Å². The van der Waals surface area contributed by atoms with Gasteiger partial charge in [-0.2, -0.15) is 5.26 Å². The van der Waals surface area contributed by atoms with Gasteiger partial charge in [-0.1, -0.05) is 0 Å². The molecule has 1 aliphatic heterocycles. The van der Waals surface area contributed by atoms with Crippen molar-refractivity contribution in [1.29, 1.82) is 5.26 Å². The lowest BCUT2D eigenvalue weighted by Gasteiger charge is -2.31. The molecule has 2 rings (SSSR count). The number of piperidine rings is 1. The maximum absolute atomic E-state index is 11.9. The minimum Gasteiger partial charge on any atom is -0.466 e. The van der Waals surface area contributed by atoms with Crippen LogP contribution in [-0.4, -0.2) is 35.1 Å². The van der Waals surface area contributed by atoms with Crippen molar-refractivity contribution in [3.8, 4) is 6.07 Å². The Balaban J connectivity index is 2.03. The van der Waals surface area contributed by atoms with Gasteiger partial charge in [0.1, 0.15) is 11.8 Å². The lowest BCUT2D eigenvalue weighted by atomic mass is 9.98. The number of rotatable bonds is 4. The van der Waals surface area contributed by atoms with Gasteiger partial charge in [0.25, 0.3) is 0 Å². The van der Waals surface area contributed by atoms with Crippen LogP contribution in [0.4, 0.5) is 0 Å². The number of esters is 1. The van der Waals surface area contributed by atoms with Crippen LogP contribution in [0.2, 0.25) is 0 Å². The Morgan fingerprint density at radius 2 is 2.33 bits per heavy atom. The number of aromatic nitrogens is 1. The third-order valence-corrected chi connectivity index (χ3v) is 4.27. The minimum absolute atomic E-state index is 0.0156. The van der Waals surface area contributed by atoms with Gasteiger partial charge in [0, 0.05) is 25.8 Å². The molecule has 2 heterocycles. The van der Waals surface area contributed by atoms with Gasteiger partial charge in [0.15, 0.2) is 0 Å². The van der Waals surface area contributed by atoms with Crippen LogP contribution in [0.15, 0.2) is 6.07 Å². The van der Waals surface area contributed by atoms with Crippen LogP contribution in [-0.2, 0) is 23.1 Å². The second kappa shape index (κ2) is 6.77. The molecule has 1 aromatic heterocycles. The van der Waals surface area contributed by atoms with Crippen LogP contribution in [0.1, 0.15) is 36.7 Å². The summed E-state index contributed by atoms with van der Waals surface area (Å²) in [5.41, 5.74) is 2.96. The van der Waals surface area contributed by atoms with Gasteiger partial charge in [0.05, 0.1) is 12.5 Å². The van der Waals surface area contributed by atoms with Crippen LogP contribution in [0, 0.1) is 24.2 Å². The van der Waals surface area contributed by atoms with Crippen LogP contribution in [0.25, 0.3) is 0 Å². The van der Waals surface area contributed by atoms with E-state index in [2.05, 4.69) is 11.0 Å². The van der Waals surface area contributed by atoms with E-state index in [0.29, 0.717) is 12.3 Å². The maximum Gasteiger partial charge on any atom is 0.310 e. The van der Waals surface area contributed by atoms with Gasteiger partial charge in [-0.25, -0.2) is 0 Å². The average Bonchev–Trinajstić information content (AvgIpc) is 2.76. The molecular weight excluding hydrogens is 266 g/mol. The van der Waals surface area contributed by atoms with Crippen LogP contribution in [0.5, 0.6) is 0 Å². The van der Waals surface area contributed by atoms with E-state index < -0.39 is 0 Å². The molecule has 0 amide bonds. The van der Waals surface area contributed by atoms with Gasteiger partial charge in [-0.15, -0.1) is 0 Å². The highest BCUT2D eigenvalue weighted by molar-refractivity contribution is 5.72. The lowest BCUT2D eigenvalue weighted by molar-refractivity contribution is -0.150. The molecule has 0 aliphatic carbocycles. The van der Waals surface area contributed by atoms with Gasteiger partial charge in [-0.05, 0) is 44.9 Å². The predicted molar refractivity (Wildman–Crippen MR) is 79.5 cm³/mol. The number of carbonyl (C=O) groups excluding carboxylic acids is 1. The zero-order valence-electron chi connectivity index (χ0n) is 13.1. The fraction of sp³-hybridized carbons (Fsp3) is 0.625. The molecule has 0 bridgehead atoms. The first kappa shape index (κ1) is 15.6. The molecule has 1 unspecified atom stereocenters. The Morgan fingerprint density at radius 3 is 2.95 bits per heavy atom. The topological polar surface area (TPSA) is 58.3 Å². The standard InChI is InChI=1S/C16H23N3O2/c1-4-21-16(20)13-6-5-7-19(10-13)11-14-8-15(9-17)18(3)12(14)2/h8,13H,4-7,10-11H2,1-3H3. The van der Waals surface area contributed by atoms with Crippen LogP contribution >= 0.6 is 0 Å². The summed E-state index contributed by atoms with van der Waals surface area (Å²) in [7, 11) is 1.91. The van der Waals surface area contributed by atoms with Gasteiger partial charge in [-0.3, -0.25) is 9.69 Å². The normalized spacial score (nSPS) is 19.2. The van der Waals surface area contributed by atoms with Crippen molar-refractivity contribution in [1.82, 2.24) is 9.47 Å². The van der Waals surface area contributed by atoms with Crippen LogP contribution in [0.3, 0.4) is 0 Å². The molecule has 0 saturated carbocycles. The van der Waals surface area contributed by atoms with Crippen molar-refractivity contribution < 1.29 is 9.53 Å². The van der Waals surface area contributed by atoms with Gasteiger partial charge in [0.2, 0.25) is 0 Å². The number of ether oxygens (including phenoxy) is 1. The van der Waals surface area contributed by atoms with E-state index in [4.69, 9.17) is 10.00 Å². The Labute approximate surface area is 126 Å².